The molecule has 0 fully saturated rings. The van der Waals surface area contributed by atoms with Crippen LogP contribution >= 0.6 is 0 Å². The van der Waals surface area contributed by atoms with Gasteiger partial charge in [-0.25, -0.2) is 0 Å². The fourth-order valence-corrected chi connectivity index (χ4v) is 3.30. The van der Waals surface area contributed by atoms with E-state index in [1.807, 2.05) is 26.8 Å². The average molecular weight is 306 g/mol. The Morgan fingerprint density at radius 1 is 0.857 bits per heavy atom. The highest BCUT2D eigenvalue weighted by atomic mass is 32.2. The van der Waals surface area contributed by atoms with Gasteiger partial charge in [-0.05, 0) is 61.7 Å². The first-order valence-electron chi connectivity index (χ1n) is 6.49. The van der Waals surface area contributed by atoms with Gasteiger partial charge in [0.15, 0.2) is 0 Å². The second-order valence-corrected chi connectivity index (χ2v) is 6.53. The van der Waals surface area contributed by atoms with E-state index in [9.17, 15) is 8.42 Å². The third-order valence-corrected chi connectivity index (χ3v) is 4.26. The van der Waals surface area contributed by atoms with E-state index in [0.29, 0.717) is 5.75 Å². The lowest BCUT2D eigenvalue weighted by Crippen LogP contribution is -2.11. The van der Waals surface area contributed by atoms with E-state index in [0.717, 1.165) is 16.7 Å². The van der Waals surface area contributed by atoms with Crippen LogP contribution in [0.25, 0.3) is 0 Å². The van der Waals surface area contributed by atoms with Gasteiger partial charge in [0.25, 0.3) is 0 Å². The highest BCUT2D eigenvalue weighted by Crippen LogP contribution is 2.28. The van der Waals surface area contributed by atoms with Gasteiger partial charge < -0.3 is 8.92 Å². The molecule has 0 unspecified atom stereocenters. The summed E-state index contributed by atoms with van der Waals surface area (Å²) in [5, 5.41) is 0. The maximum Gasteiger partial charge on any atom is 0.342 e. The Bertz CT molecular complexity index is 744. The van der Waals surface area contributed by atoms with Crippen molar-refractivity contribution in [1.29, 1.82) is 0 Å². The predicted molar refractivity (Wildman–Crippen MR) is 81.5 cm³/mol. The molecule has 2 rings (SSSR count). The lowest BCUT2D eigenvalue weighted by Gasteiger charge is -2.12. The zero-order valence-corrected chi connectivity index (χ0v) is 13.3. The molecule has 112 valence electrons. The Morgan fingerprint density at radius 2 is 1.48 bits per heavy atom. The molecular formula is C16H18O4S. The molecule has 0 aliphatic heterocycles. The first kappa shape index (κ1) is 15.4. The van der Waals surface area contributed by atoms with Crippen molar-refractivity contribution < 1.29 is 17.3 Å². The molecule has 0 bridgehead atoms. The van der Waals surface area contributed by atoms with Crippen molar-refractivity contribution in [3.63, 3.8) is 0 Å². The average Bonchev–Trinajstić information content (AvgIpc) is 2.36. The number of rotatable bonds is 4. The van der Waals surface area contributed by atoms with Crippen molar-refractivity contribution in [2.24, 2.45) is 0 Å². The van der Waals surface area contributed by atoms with Gasteiger partial charge in [0.05, 0.1) is 7.11 Å². The largest absolute Gasteiger partial charge is 0.495 e. The number of aryl methyl sites for hydroxylation is 3. The Hall–Kier alpha value is -2.01. The van der Waals surface area contributed by atoms with Crippen molar-refractivity contribution in [1.82, 2.24) is 0 Å². The van der Waals surface area contributed by atoms with Gasteiger partial charge in [0.2, 0.25) is 0 Å². The molecule has 0 aromatic heterocycles. The molecule has 0 aliphatic carbocycles. The summed E-state index contributed by atoms with van der Waals surface area (Å²) in [6, 6.07) is 10.3. The van der Waals surface area contributed by atoms with Gasteiger partial charge in [0, 0.05) is 0 Å². The minimum absolute atomic E-state index is 0.0316. The third kappa shape index (κ3) is 3.55. The van der Waals surface area contributed by atoms with Crippen LogP contribution in [0, 0.1) is 20.8 Å². The van der Waals surface area contributed by atoms with Gasteiger partial charge in [-0.1, -0.05) is 12.1 Å². The van der Waals surface area contributed by atoms with Crippen LogP contribution < -0.4 is 8.92 Å². The molecular weight excluding hydrogens is 288 g/mol. The summed E-state index contributed by atoms with van der Waals surface area (Å²) in [6.07, 6.45) is 0. The highest BCUT2D eigenvalue weighted by molar-refractivity contribution is 7.87. The topological polar surface area (TPSA) is 52.6 Å². The van der Waals surface area contributed by atoms with Crippen LogP contribution in [0.2, 0.25) is 0 Å². The number of hydrogen-bond donors (Lipinski definition) is 0. The van der Waals surface area contributed by atoms with Crippen LogP contribution in [-0.2, 0) is 10.1 Å². The normalized spacial score (nSPS) is 11.2. The molecule has 0 saturated carbocycles. The molecule has 5 heteroatoms. The van der Waals surface area contributed by atoms with Gasteiger partial charge >= 0.3 is 10.1 Å². The van der Waals surface area contributed by atoms with E-state index in [2.05, 4.69) is 0 Å². The smallest absolute Gasteiger partial charge is 0.342 e. The predicted octanol–water partition coefficient (Wildman–Crippen LogP) is 3.39. The van der Waals surface area contributed by atoms with E-state index in [4.69, 9.17) is 8.92 Å². The lowest BCUT2D eigenvalue weighted by atomic mass is 10.1. The zero-order chi connectivity index (χ0) is 15.6. The van der Waals surface area contributed by atoms with Crippen LogP contribution in [-0.4, -0.2) is 15.5 Å². The Kier molecular flexibility index (Phi) is 4.23. The molecule has 0 N–H and O–H groups in total. The molecule has 0 radical (unpaired) electrons. The highest BCUT2D eigenvalue weighted by Gasteiger charge is 2.22. The van der Waals surface area contributed by atoms with Crippen molar-refractivity contribution in [3.8, 4) is 11.5 Å². The van der Waals surface area contributed by atoms with Crippen LogP contribution in [0.4, 0.5) is 0 Å². The molecule has 0 amide bonds. The molecule has 0 saturated heterocycles. The Balaban J connectivity index is 2.45. The Morgan fingerprint density at radius 3 is 2.05 bits per heavy atom. The first-order chi connectivity index (χ1) is 9.81. The monoisotopic (exact) mass is 306 g/mol. The second-order valence-electron chi connectivity index (χ2n) is 5.02. The minimum atomic E-state index is -3.94. The molecule has 2 aromatic rings. The standard InChI is InChI=1S/C16H18O4S/c1-11-5-6-15(19-4)16(10-11)21(17,18)20-14-8-12(2)7-13(3)9-14/h5-10H,1-4H3. The van der Waals surface area contributed by atoms with Crippen LogP contribution in [0.1, 0.15) is 16.7 Å². The van der Waals surface area contributed by atoms with E-state index in [1.165, 1.54) is 13.2 Å². The minimum Gasteiger partial charge on any atom is -0.495 e. The summed E-state index contributed by atoms with van der Waals surface area (Å²) >= 11 is 0. The molecule has 4 nitrogen and oxygen atoms in total. The van der Waals surface area contributed by atoms with Crippen LogP contribution in [0.15, 0.2) is 41.3 Å². The van der Waals surface area contributed by atoms with Crippen LogP contribution in [0.5, 0.6) is 11.5 Å². The van der Waals surface area contributed by atoms with Gasteiger partial charge in [-0.2, -0.15) is 8.42 Å². The van der Waals surface area contributed by atoms with Gasteiger partial charge in [-0.3, -0.25) is 0 Å². The van der Waals surface area contributed by atoms with E-state index < -0.39 is 10.1 Å². The number of benzene rings is 2. The fraction of sp³-hybridized carbons (Fsp3) is 0.250. The molecule has 0 spiro atoms. The molecule has 0 aliphatic rings. The summed E-state index contributed by atoms with van der Waals surface area (Å²) in [7, 11) is -2.51. The van der Waals surface area contributed by atoms with Gasteiger partial charge in [-0.15, -0.1) is 0 Å². The maximum atomic E-state index is 12.5. The second kappa shape index (κ2) is 5.77. The van der Waals surface area contributed by atoms with E-state index in [1.54, 1.807) is 24.3 Å². The quantitative estimate of drug-likeness (QED) is 0.813. The summed E-state index contributed by atoms with van der Waals surface area (Å²) in [5.41, 5.74) is 2.70. The number of ether oxygens (including phenoxy) is 1. The van der Waals surface area contributed by atoms with E-state index in [-0.39, 0.29) is 10.6 Å². The van der Waals surface area contributed by atoms with E-state index >= 15 is 0 Å². The summed E-state index contributed by atoms with van der Waals surface area (Å²) < 4.78 is 35.3. The lowest BCUT2D eigenvalue weighted by molar-refractivity contribution is 0.398. The van der Waals surface area contributed by atoms with Crippen molar-refractivity contribution in [2.75, 3.05) is 7.11 Å². The fourth-order valence-electron chi connectivity index (χ4n) is 2.13. The zero-order valence-electron chi connectivity index (χ0n) is 12.5. The van der Waals surface area contributed by atoms with Crippen molar-refractivity contribution >= 4 is 10.1 Å². The summed E-state index contributed by atoms with van der Waals surface area (Å²) in [4.78, 5) is 0.0316. The number of methoxy groups -OCH3 is 1. The third-order valence-electron chi connectivity index (χ3n) is 2.99. The molecule has 21 heavy (non-hydrogen) atoms. The first-order valence-corrected chi connectivity index (χ1v) is 7.90. The van der Waals surface area contributed by atoms with Crippen molar-refractivity contribution in [2.45, 2.75) is 25.7 Å². The maximum absolute atomic E-state index is 12.5. The molecule has 0 heterocycles. The SMILES string of the molecule is COc1ccc(C)cc1S(=O)(=O)Oc1cc(C)cc(C)c1. The van der Waals surface area contributed by atoms with Crippen molar-refractivity contribution in [3.05, 3.63) is 53.1 Å². The molecule has 0 atom stereocenters. The van der Waals surface area contributed by atoms with Crippen LogP contribution in [0.3, 0.4) is 0 Å². The summed E-state index contributed by atoms with van der Waals surface area (Å²) in [6.45, 7) is 5.59. The summed E-state index contributed by atoms with van der Waals surface area (Å²) in [5.74, 6) is 0.570. The Labute approximate surface area is 125 Å². The number of hydrogen-bond acceptors (Lipinski definition) is 4. The molecule has 2 aromatic carbocycles. The van der Waals surface area contributed by atoms with Gasteiger partial charge in [0.1, 0.15) is 16.4 Å².